The molecule has 0 fully saturated rings. The summed E-state index contributed by atoms with van der Waals surface area (Å²) in [5.74, 6) is -0.0812. The van der Waals surface area contributed by atoms with Gasteiger partial charge in [0, 0.05) is 34.6 Å². The van der Waals surface area contributed by atoms with E-state index in [1.54, 1.807) is 24.4 Å². The summed E-state index contributed by atoms with van der Waals surface area (Å²) in [6.07, 6.45) is 1.65. The van der Waals surface area contributed by atoms with Crippen molar-refractivity contribution < 1.29 is 14.1 Å². The van der Waals surface area contributed by atoms with Gasteiger partial charge in [-0.05, 0) is 68.0 Å². The van der Waals surface area contributed by atoms with Gasteiger partial charge in [-0.25, -0.2) is 4.98 Å². The Morgan fingerprint density at radius 1 is 1.16 bits per heavy atom. The number of oxazole rings is 1. The molecule has 0 saturated carbocycles. The highest BCUT2D eigenvalue weighted by Crippen LogP contribution is 2.27. The molecule has 0 bridgehead atoms. The standard InChI is InChI=1S/C22H17N5O4S/c1-12-11-14(21-25-19-18(31-21)7-4-10-23-19)8-9-16(12)24-22(32)26-20(28)15-5-3-6-17(13(15)2)27(29)30/h3-11H,1-2H3,(H2,24,26,28,32). The van der Waals surface area contributed by atoms with Crippen LogP contribution < -0.4 is 10.6 Å². The molecule has 2 aromatic heterocycles. The number of carbonyl (C=O) groups is 1. The van der Waals surface area contributed by atoms with Crippen LogP contribution in [-0.4, -0.2) is 25.9 Å². The molecule has 0 unspecified atom stereocenters. The lowest BCUT2D eigenvalue weighted by Gasteiger charge is -2.13. The Morgan fingerprint density at radius 3 is 2.69 bits per heavy atom. The second-order valence-corrected chi connectivity index (χ2v) is 7.40. The first-order chi connectivity index (χ1) is 15.3. The Labute approximate surface area is 187 Å². The van der Waals surface area contributed by atoms with Crippen molar-refractivity contribution in [3.63, 3.8) is 0 Å². The van der Waals surface area contributed by atoms with E-state index >= 15 is 0 Å². The number of rotatable bonds is 4. The molecule has 160 valence electrons. The van der Waals surface area contributed by atoms with Crippen molar-refractivity contribution in [1.82, 2.24) is 15.3 Å². The molecule has 2 N–H and O–H groups in total. The molecule has 2 heterocycles. The maximum atomic E-state index is 12.6. The molecule has 0 aliphatic rings. The van der Waals surface area contributed by atoms with Crippen LogP contribution >= 0.6 is 12.2 Å². The highest BCUT2D eigenvalue weighted by Gasteiger charge is 2.19. The van der Waals surface area contributed by atoms with Crippen LogP contribution in [0.3, 0.4) is 0 Å². The van der Waals surface area contributed by atoms with Crippen molar-refractivity contribution in [2.75, 3.05) is 5.32 Å². The Kier molecular flexibility index (Phi) is 5.61. The average Bonchev–Trinajstić information content (AvgIpc) is 3.19. The number of nitrogens with zero attached hydrogens (tertiary/aromatic N) is 3. The maximum absolute atomic E-state index is 12.6. The summed E-state index contributed by atoms with van der Waals surface area (Å²) >= 11 is 5.25. The number of aromatic nitrogens is 2. The van der Waals surface area contributed by atoms with Crippen LogP contribution in [0.1, 0.15) is 21.5 Å². The number of nitro benzene ring substituents is 1. The summed E-state index contributed by atoms with van der Waals surface area (Å²) in [6.45, 7) is 3.40. The fraction of sp³-hybridized carbons (Fsp3) is 0.0909. The molecule has 0 spiro atoms. The number of carbonyl (C=O) groups excluding carboxylic acids is 1. The second-order valence-electron chi connectivity index (χ2n) is 6.99. The van der Waals surface area contributed by atoms with E-state index in [2.05, 4.69) is 20.6 Å². The van der Waals surface area contributed by atoms with Crippen molar-refractivity contribution in [3.8, 4) is 11.5 Å². The first-order valence-corrected chi connectivity index (χ1v) is 9.93. The zero-order valence-corrected chi connectivity index (χ0v) is 17.9. The minimum atomic E-state index is -0.531. The highest BCUT2D eigenvalue weighted by molar-refractivity contribution is 7.80. The van der Waals surface area contributed by atoms with Gasteiger partial charge in [-0.2, -0.15) is 4.98 Å². The molecule has 10 heteroatoms. The van der Waals surface area contributed by atoms with Crippen LogP contribution in [0.4, 0.5) is 11.4 Å². The van der Waals surface area contributed by atoms with E-state index in [1.807, 2.05) is 19.1 Å². The third kappa shape index (κ3) is 4.16. The van der Waals surface area contributed by atoms with Gasteiger partial charge in [-0.15, -0.1) is 0 Å². The summed E-state index contributed by atoms with van der Waals surface area (Å²) in [7, 11) is 0. The van der Waals surface area contributed by atoms with E-state index in [9.17, 15) is 14.9 Å². The number of fused-ring (bicyclic) bond motifs is 1. The number of anilines is 1. The van der Waals surface area contributed by atoms with Gasteiger partial charge >= 0.3 is 0 Å². The average molecular weight is 447 g/mol. The molecule has 4 aromatic rings. The number of thiocarbonyl (C=S) groups is 1. The van der Waals surface area contributed by atoms with Gasteiger partial charge in [0.25, 0.3) is 11.6 Å². The summed E-state index contributed by atoms with van der Waals surface area (Å²) in [5.41, 5.74) is 3.76. The Balaban J connectivity index is 1.48. The van der Waals surface area contributed by atoms with Crippen LogP contribution in [0.15, 0.2) is 59.1 Å². The van der Waals surface area contributed by atoms with Gasteiger partial charge in [-0.1, -0.05) is 6.07 Å². The van der Waals surface area contributed by atoms with Gasteiger partial charge in [0.05, 0.1) is 4.92 Å². The van der Waals surface area contributed by atoms with Crippen molar-refractivity contribution in [2.24, 2.45) is 0 Å². The zero-order valence-electron chi connectivity index (χ0n) is 17.1. The van der Waals surface area contributed by atoms with Crippen molar-refractivity contribution in [1.29, 1.82) is 0 Å². The van der Waals surface area contributed by atoms with E-state index in [4.69, 9.17) is 16.6 Å². The van der Waals surface area contributed by atoms with Gasteiger partial charge in [0.2, 0.25) is 5.89 Å². The largest absolute Gasteiger partial charge is 0.434 e. The van der Waals surface area contributed by atoms with Gasteiger partial charge in [-0.3, -0.25) is 20.2 Å². The predicted molar refractivity (Wildman–Crippen MR) is 123 cm³/mol. The molecular weight excluding hydrogens is 430 g/mol. The third-order valence-corrected chi connectivity index (χ3v) is 5.06. The molecule has 0 atom stereocenters. The Hall–Kier alpha value is -4.18. The molecule has 0 radical (unpaired) electrons. The number of nitrogens with one attached hydrogen (secondary N) is 2. The molecule has 2 aromatic carbocycles. The highest BCUT2D eigenvalue weighted by atomic mass is 32.1. The molecule has 1 amide bonds. The lowest BCUT2D eigenvalue weighted by atomic mass is 10.1. The first kappa shape index (κ1) is 21.1. The van der Waals surface area contributed by atoms with Gasteiger partial charge < -0.3 is 9.73 Å². The molecule has 0 aliphatic carbocycles. The number of hydrogen-bond acceptors (Lipinski definition) is 7. The van der Waals surface area contributed by atoms with Crippen LogP contribution in [0, 0.1) is 24.0 Å². The second kappa shape index (κ2) is 8.52. The van der Waals surface area contributed by atoms with Gasteiger partial charge in [0.1, 0.15) is 0 Å². The molecule has 9 nitrogen and oxygen atoms in total. The molecular formula is C22H17N5O4S. The van der Waals surface area contributed by atoms with Crippen LogP contribution in [-0.2, 0) is 0 Å². The van der Waals surface area contributed by atoms with Crippen molar-refractivity contribution >= 4 is 45.8 Å². The van der Waals surface area contributed by atoms with Crippen LogP contribution in [0.25, 0.3) is 22.7 Å². The van der Waals surface area contributed by atoms with Crippen molar-refractivity contribution in [2.45, 2.75) is 13.8 Å². The van der Waals surface area contributed by atoms with Crippen molar-refractivity contribution in [3.05, 3.63) is 81.5 Å². The van der Waals surface area contributed by atoms with Crippen LogP contribution in [0.2, 0.25) is 0 Å². The normalized spacial score (nSPS) is 10.7. The van der Waals surface area contributed by atoms with Crippen LogP contribution in [0.5, 0.6) is 0 Å². The van der Waals surface area contributed by atoms with Gasteiger partial charge in [0.15, 0.2) is 16.3 Å². The third-order valence-electron chi connectivity index (χ3n) is 4.86. The molecule has 0 saturated heterocycles. The van der Waals surface area contributed by atoms with E-state index in [-0.39, 0.29) is 21.9 Å². The summed E-state index contributed by atoms with van der Waals surface area (Å²) in [5, 5.41) is 16.7. The Bertz CT molecular complexity index is 1350. The monoisotopic (exact) mass is 447 g/mol. The number of benzene rings is 2. The molecule has 0 aliphatic heterocycles. The number of pyridine rings is 1. The number of amides is 1. The lowest BCUT2D eigenvalue weighted by molar-refractivity contribution is -0.385. The number of hydrogen-bond donors (Lipinski definition) is 2. The first-order valence-electron chi connectivity index (χ1n) is 9.52. The fourth-order valence-electron chi connectivity index (χ4n) is 3.22. The summed E-state index contributed by atoms with van der Waals surface area (Å²) < 4.78 is 5.74. The SMILES string of the molecule is Cc1cc(-c2nc3ncccc3o2)ccc1NC(=S)NC(=O)c1cccc([N+](=O)[O-])c1C. The minimum absolute atomic E-state index is 0.0721. The van der Waals surface area contributed by atoms with E-state index in [0.29, 0.717) is 22.8 Å². The quantitative estimate of drug-likeness (QED) is 0.265. The lowest BCUT2D eigenvalue weighted by Crippen LogP contribution is -2.34. The number of nitro groups is 1. The van der Waals surface area contributed by atoms with E-state index < -0.39 is 10.8 Å². The topological polar surface area (TPSA) is 123 Å². The van der Waals surface area contributed by atoms with E-state index in [1.165, 1.54) is 25.1 Å². The zero-order chi connectivity index (χ0) is 22.8. The predicted octanol–water partition coefficient (Wildman–Crippen LogP) is 4.54. The smallest absolute Gasteiger partial charge is 0.273 e. The molecule has 4 rings (SSSR count). The summed E-state index contributed by atoms with van der Waals surface area (Å²) in [6, 6.07) is 13.4. The minimum Gasteiger partial charge on any atom is -0.434 e. The summed E-state index contributed by atoms with van der Waals surface area (Å²) in [4.78, 5) is 31.7. The number of aryl methyl sites for hydroxylation is 1. The Morgan fingerprint density at radius 2 is 1.97 bits per heavy atom. The fourth-order valence-corrected chi connectivity index (χ4v) is 3.42. The van der Waals surface area contributed by atoms with E-state index in [0.717, 1.165) is 11.1 Å². The maximum Gasteiger partial charge on any atom is 0.273 e. The molecule has 32 heavy (non-hydrogen) atoms.